The first-order valence-corrected chi connectivity index (χ1v) is 5.09. The molecule has 0 bridgehead atoms. The van der Waals surface area contributed by atoms with Crippen LogP contribution < -0.4 is 15.8 Å². The summed E-state index contributed by atoms with van der Waals surface area (Å²) in [5, 5.41) is 2.67. The number of para-hydroxylation sites is 1. The summed E-state index contributed by atoms with van der Waals surface area (Å²) in [5.41, 5.74) is 5.08. The molecule has 1 rings (SSSR count). The van der Waals surface area contributed by atoms with Gasteiger partial charge in [0.25, 0.3) is 0 Å². The van der Waals surface area contributed by atoms with Crippen LogP contribution in [0.5, 0.6) is 5.75 Å². The molecule has 3 N–H and O–H groups in total. The third-order valence-corrected chi connectivity index (χ3v) is 2.26. The van der Waals surface area contributed by atoms with Crippen LogP contribution in [0.15, 0.2) is 18.2 Å². The number of nitrogens with one attached hydrogen (secondary N) is 1. The molecule has 1 unspecified atom stereocenters. The Balaban J connectivity index is 2.54. The van der Waals surface area contributed by atoms with Crippen molar-refractivity contribution in [2.75, 3.05) is 13.7 Å². The Hall–Kier alpha value is -1.69. The van der Waals surface area contributed by atoms with Crippen LogP contribution in [0.2, 0.25) is 0 Å². The summed E-state index contributed by atoms with van der Waals surface area (Å²) in [6, 6.07) is 2.87. The van der Waals surface area contributed by atoms with Crippen molar-refractivity contribution in [3.63, 3.8) is 0 Å². The summed E-state index contributed by atoms with van der Waals surface area (Å²) >= 11 is 0. The Labute approximate surface area is 97.8 Å². The van der Waals surface area contributed by atoms with E-state index in [0.29, 0.717) is 0 Å². The average molecular weight is 244 g/mol. The molecule has 0 saturated carbocycles. The molecular formula is C11H14F2N2O2. The number of primary amides is 1. The fraction of sp³-hybridized carbons (Fsp3) is 0.364. The van der Waals surface area contributed by atoms with Crippen molar-refractivity contribution >= 4 is 5.91 Å². The SMILES string of the molecule is CNC(CCOc1c(F)cccc1F)C(N)=O. The third kappa shape index (κ3) is 3.67. The molecule has 4 nitrogen and oxygen atoms in total. The van der Waals surface area contributed by atoms with Gasteiger partial charge in [-0.25, -0.2) is 8.78 Å². The predicted molar refractivity (Wildman–Crippen MR) is 58.5 cm³/mol. The highest BCUT2D eigenvalue weighted by molar-refractivity contribution is 5.79. The van der Waals surface area contributed by atoms with Crippen molar-refractivity contribution in [1.29, 1.82) is 0 Å². The summed E-state index contributed by atoms with van der Waals surface area (Å²) in [4.78, 5) is 10.9. The van der Waals surface area contributed by atoms with Crippen LogP contribution in [-0.4, -0.2) is 25.6 Å². The lowest BCUT2D eigenvalue weighted by molar-refractivity contribution is -0.120. The van der Waals surface area contributed by atoms with Crippen LogP contribution in [0.1, 0.15) is 6.42 Å². The van der Waals surface area contributed by atoms with Crippen LogP contribution in [-0.2, 0) is 4.79 Å². The van der Waals surface area contributed by atoms with E-state index >= 15 is 0 Å². The largest absolute Gasteiger partial charge is 0.488 e. The second kappa shape index (κ2) is 6.15. The van der Waals surface area contributed by atoms with E-state index < -0.39 is 29.3 Å². The monoisotopic (exact) mass is 244 g/mol. The summed E-state index contributed by atoms with van der Waals surface area (Å²) in [7, 11) is 1.57. The van der Waals surface area contributed by atoms with E-state index in [2.05, 4.69) is 5.32 Å². The zero-order valence-corrected chi connectivity index (χ0v) is 9.37. The summed E-state index contributed by atoms with van der Waals surface area (Å²) in [5.74, 6) is -2.52. The van der Waals surface area contributed by atoms with Gasteiger partial charge in [-0.1, -0.05) is 6.07 Å². The van der Waals surface area contributed by atoms with Crippen LogP contribution in [0.3, 0.4) is 0 Å². The van der Waals surface area contributed by atoms with E-state index in [1.54, 1.807) is 7.05 Å². The van der Waals surface area contributed by atoms with E-state index in [9.17, 15) is 13.6 Å². The number of amides is 1. The molecule has 0 radical (unpaired) electrons. The maximum atomic E-state index is 13.1. The second-order valence-electron chi connectivity index (χ2n) is 3.43. The third-order valence-electron chi connectivity index (χ3n) is 2.26. The second-order valence-corrected chi connectivity index (χ2v) is 3.43. The molecule has 1 aromatic rings. The topological polar surface area (TPSA) is 64.3 Å². The molecule has 0 saturated heterocycles. The molecule has 0 aliphatic heterocycles. The minimum atomic E-state index is -0.773. The van der Waals surface area contributed by atoms with Crippen LogP contribution in [0.25, 0.3) is 0 Å². The standard InChI is InChI=1S/C11H14F2N2O2/c1-15-9(11(14)16)5-6-17-10-7(12)3-2-4-8(10)13/h2-4,9,15H,5-6H2,1H3,(H2,14,16). The Morgan fingerprint density at radius 3 is 2.53 bits per heavy atom. The van der Waals surface area contributed by atoms with Crippen molar-refractivity contribution in [3.05, 3.63) is 29.8 Å². The molecule has 1 atom stereocenters. The van der Waals surface area contributed by atoms with Crippen molar-refractivity contribution in [3.8, 4) is 5.75 Å². The molecule has 6 heteroatoms. The van der Waals surface area contributed by atoms with E-state index in [4.69, 9.17) is 10.5 Å². The first-order valence-electron chi connectivity index (χ1n) is 5.09. The molecule has 0 aliphatic rings. The summed E-state index contributed by atoms with van der Waals surface area (Å²) in [6.45, 7) is -0.00764. The highest BCUT2D eigenvalue weighted by Gasteiger charge is 2.14. The van der Waals surface area contributed by atoms with Gasteiger partial charge in [0.2, 0.25) is 5.91 Å². The van der Waals surface area contributed by atoms with Crippen LogP contribution >= 0.6 is 0 Å². The number of hydrogen-bond acceptors (Lipinski definition) is 3. The summed E-state index contributed by atoms with van der Waals surface area (Å²) in [6.07, 6.45) is 0.236. The van der Waals surface area contributed by atoms with E-state index in [0.717, 1.165) is 12.1 Å². The van der Waals surface area contributed by atoms with Gasteiger partial charge >= 0.3 is 0 Å². The molecule has 1 amide bonds. The molecular weight excluding hydrogens is 230 g/mol. The molecule has 0 heterocycles. The fourth-order valence-corrected chi connectivity index (χ4v) is 1.33. The summed E-state index contributed by atoms with van der Waals surface area (Å²) < 4.78 is 31.2. The number of hydrogen-bond donors (Lipinski definition) is 2. The number of likely N-dealkylation sites (N-methyl/N-ethyl adjacent to an activating group) is 1. The molecule has 0 fully saturated rings. The molecule has 0 spiro atoms. The quantitative estimate of drug-likeness (QED) is 0.778. The van der Waals surface area contributed by atoms with Gasteiger partial charge in [-0.15, -0.1) is 0 Å². The number of carbonyl (C=O) groups is 1. The minimum absolute atomic E-state index is 0.00764. The number of rotatable bonds is 6. The average Bonchev–Trinajstić information content (AvgIpc) is 2.27. The Bertz CT molecular complexity index is 379. The molecule has 1 aromatic carbocycles. The van der Waals surface area contributed by atoms with Crippen molar-refractivity contribution < 1.29 is 18.3 Å². The molecule has 0 aromatic heterocycles. The van der Waals surface area contributed by atoms with Gasteiger partial charge in [0.1, 0.15) is 0 Å². The van der Waals surface area contributed by atoms with Gasteiger partial charge in [0.05, 0.1) is 12.6 Å². The first kappa shape index (κ1) is 13.4. The van der Waals surface area contributed by atoms with Crippen LogP contribution in [0, 0.1) is 11.6 Å². The first-order chi connectivity index (χ1) is 8.06. The van der Waals surface area contributed by atoms with Gasteiger partial charge in [-0.2, -0.15) is 0 Å². The minimum Gasteiger partial charge on any atom is -0.488 e. The zero-order chi connectivity index (χ0) is 12.8. The van der Waals surface area contributed by atoms with Gasteiger partial charge in [0.15, 0.2) is 17.4 Å². The number of benzene rings is 1. The molecule has 17 heavy (non-hydrogen) atoms. The van der Waals surface area contributed by atoms with E-state index in [1.165, 1.54) is 6.07 Å². The van der Waals surface area contributed by atoms with E-state index in [-0.39, 0.29) is 13.0 Å². The van der Waals surface area contributed by atoms with Crippen molar-refractivity contribution in [2.24, 2.45) is 5.73 Å². The maximum Gasteiger partial charge on any atom is 0.234 e. The number of halogens is 2. The van der Waals surface area contributed by atoms with Gasteiger partial charge in [-0.05, 0) is 19.2 Å². The number of carbonyl (C=O) groups excluding carboxylic acids is 1. The normalized spacial score (nSPS) is 12.2. The highest BCUT2D eigenvalue weighted by atomic mass is 19.1. The lowest BCUT2D eigenvalue weighted by Crippen LogP contribution is -2.40. The number of ether oxygens (including phenoxy) is 1. The highest BCUT2D eigenvalue weighted by Crippen LogP contribution is 2.20. The van der Waals surface area contributed by atoms with Gasteiger partial charge in [-0.3, -0.25) is 4.79 Å². The van der Waals surface area contributed by atoms with Gasteiger partial charge < -0.3 is 15.8 Å². The Morgan fingerprint density at radius 2 is 2.06 bits per heavy atom. The molecule has 94 valence electrons. The maximum absolute atomic E-state index is 13.1. The van der Waals surface area contributed by atoms with Crippen molar-refractivity contribution in [1.82, 2.24) is 5.32 Å². The fourth-order valence-electron chi connectivity index (χ4n) is 1.33. The Morgan fingerprint density at radius 1 is 1.47 bits per heavy atom. The van der Waals surface area contributed by atoms with Crippen LogP contribution in [0.4, 0.5) is 8.78 Å². The predicted octanol–water partition coefficient (Wildman–Crippen LogP) is 0.807. The zero-order valence-electron chi connectivity index (χ0n) is 9.37. The lowest BCUT2D eigenvalue weighted by atomic mass is 10.2. The lowest BCUT2D eigenvalue weighted by Gasteiger charge is -2.13. The smallest absolute Gasteiger partial charge is 0.234 e. The number of nitrogens with two attached hydrogens (primary N) is 1. The Kier molecular flexibility index (Phi) is 4.84. The molecule has 0 aliphatic carbocycles. The van der Waals surface area contributed by atoms with E-state index in [1.807, 2.05) is 0 Å². The van der Waals surface area contributed by atoms with Crippen molar-refractivity contribution in [2.45, 2.75) is 12.5 Å². The van der Waals surface area contributed by atoms with Gasteiger partial charge in [0, 0.05) is 6.42 Å².